The first kappa shape index (κ1) is 13.5. The van der Waals surface area contributed by atoms with Crippen LogP contribution in [0.3, 0.4) is 0 Å². The van der Waals surface area contributed by atoms with Crippen molar-refractivity contribution >= 4 is 11.6 Å². The monoisotopic (exact) mass is 261 g/mol. The number of halogens is 1. The number of carbonyl (C=O) groups excluding carboxylic acids is 1. The van der Waals surface area contributed by atoms with E-state index in [1.807, 2.05) is 13.0 Å². The molecule has 1 atom stereocenters. The van der Waals surface area contributed by atoms with Gasteiger partial charge in [0.1, 0.15) is 5.82 Å². The molecule has 1 fully saturated rings. The molecule has 0 bridgehead atoms. The fourth-order valence-corrected chi connectivity index (χ4v) is 2.00. The number of rotatable bonds is 3. The minimum Gasteiger partial charge on any atom is -0.325 e. The number of hydrogen-bond donors (Lipinski definition) is 2. The van der Waals surface area contributed by atoms with Crippen molar-refractivity contribution in [2.45, 2.75) is 13.8 Å². The fraction of sp³-hybridized carbons (Fsp3) is 0.429. The SMILES string of the molecule is Cc1c(F)cc(C#N)cc1NC(=O)C(C)C1CNC1. The number of hydrogen-bond acceptors (Lipinski definition) is 3. The van der Waals surface area contributed by atoms with E-state index in [1.54, 1.807) is 6.92 Å². The summed E-state index contributed by atoms with van der Waals surface area (Å²) in [4.78, 5) is 12.1. The normalized spacial score (nSPS) is 16.3. The van der Waals surface area contributed by atoms with Gasteiger partial charge in [-0.05, 0) is 38.1 Å². The van der Waals surface area contributed by atoms with Crippen LogP contribution in [-0.2, 0) is 4.79 Å². The predicted molar refractivity (Wildman–Crippen MR) is 70.0 cm³/mol. The van der Waals surface area contributed by atoms with E-state index >= 15 is 0 Å². The van der Waals surface area contributed by atoms with Crippen LogP contribution >= 0.6 is 0 Å². The zero-order chi connectivity index (χ0) is 14.0. The first-order valence-corrected chi connectivity index (χ1v) is 6.24. The summed E-state index contributed by atoms with van der Waals surface area (Å²) in [7, 11) is 0. The van der Waals surface area contributed by atoms with Gasteiger partial charge >= 0.3 is 0 Å². The molecule has 1 amide bonds. The lowest BCUT2D eigenvalue weighted by Gasteiger charge is -2.31. The van der Waals surface area contributed by atoms with Gasteiger partial charge in [0.05, 0.1) is 11.6 Å². The third kappa shape index (κ3) is 2.74. The number of amides is 1. The van der Waals surface area contributed by atoms with Crippen LogP contribution in [0.15, 0.2) is 12.1 Å². The number of nitrogens with zero attached hydrogens (tertiary/aromatic N) is 1. The van der Waals surface area contributed by atoms with Gasteiger partial charge in [-0.1, -0.05) is 6.92 Å². The van der Waals surface area contributed by atoms with E-state index in [2.05, 4.69) is 10.6 Å². The lowest BCUT2D eigenvalue weighted by atomic mass is 9.88. The average Bonchev–Trinajstić information content (AvgIpc) is 2.32. The van der Waals surface area contributed by atoms with Gasteiger partial charge in [-0.2, -0.15) is 5.26 Å². The number of carbonyl (C=O) groups is 1. The van der Waals surface area contributed by atoms with Crippen molar-refractivity contribution in [3.05, 3.63) is 29.1 Å². The predicted octanol–water partition coefficient (Wildman–Crippen LogP) is 1.80. The molecule has 100 valence electrons. The van der Waals surface area contributed by atoms with Gasteiger partial charge < -0.3 is 10.6 Å². The van der Waals surface area contributed by atoms with Crippen LogP contribution < -0.4 is 10.6 Å². The highest BCUT2D eigenvalue weighted by molar-refractivity contribution is 5.93. The highest BCUT2D eigenvalue weighted by Gasteiger charge is 2.29. The van der Waals surface area contributed by atoms with E-state index in [-0.39, 0.29) is 17.4 Å². The second-order valence-corrected chi connectivity index (χ2v) is 4.94. The smallest absolute Gasteiger partial charge is 0.227 e. The van der Waals surface area contributed by atoms with Crippen LogP contribution in [0.4, 0.5) is 10.1 Å². The van der Waals surface area contributed by atoms with E-state index in [0.717, 1.165) is 13.1 Å². The molecule has 5 heteroatoms. The summed E-state index contributed by atoms with van der Waals surface area (Å²) in [5.41, 5.74) is 0.934. The molecule has 0 aromatic heterocycles. The van der Waals surface area contributed by atoms with Gasteiger partial charge in [0, 0.05) is 17.2 Å². The largest absolute Gasteiger partial charge is 0.325 e. The zero-order valence-corrected chi connectivity index (χ0v) is 11.0. The molecule has 1 aliphatic heterocycles. The Bertz CT molecular complexity index is 546. The van der Waals surface area contributed by atoms with Crippen molar-refractivity contribution in [1.29, 1.82) is 5.26 Å². The van der Waals surface area contributed by atoms with Crippen LogP contribution in [0, 0.1) is 35.9 Å². The minimum atomic E-state index is -0.479. The van der Waals surface area contributed by atoms with Gasteiger partial charge in [0.25, 0.3) is 0 Å². The quantitative estimate of drug-likeness (QED) is 0.872. The molecule has 1 heterocycles. The van der Waals surface area contributed by atoms with E-state index in [4.69, 9.17) is 5.26 Å². The van der Waals surface area contributed by atoms with Gasteiger partial charge in [-0.3, -0.25) is 4.79 Å². The lowest BCUT2D eigenvalue weighted by molar-refractivity contribution is -0.121. The molecule has 19 heavy (non-hydrogen) atoms. The molecule has 2 N–H and O–H groups in total. The van der Waals surface area contributed by atoms with Crippen molar-refractivity contribution < 1.29 is 9.18 Å². The topological polar surface area (TPSA) is 64.9 Å². The zero-order valence-electron chi connectivity index (χ0n) is 11.0. The summed E-state index contributed by atoms with van der Waals surface area (Å²) < 4.78 is 13.6. The fourth-order valence-electron chi connectivity index (χ4n) is 2.00. The Morgan fingerprint density at radius 3 is 2.79 bits per heavy atom. The number of nitriles is 1. The Morgan fingerprint density at radius 2 is 2.26 bits per heavy atom. The number of nitrogens with one attached hydrogen (secondary N) is 2. The van der Waals surface area contributed by atoms with Gasteiger partial charge in [0.2, 0.25) is 5.91 Å². The summed E-state index contributed by atoms with van der Waals surface area (Å²) in [5.74, 6) is -0.421. The Kier molecular flexibility index (Phi) is 3.82. The maximum absolute atomic E-state index is 13.6. The molecule has 2 rings (SSSR count). The van der Waals surface area contributed by atoms with Crippen molar-refractivity contribution in [1.82, 2.24) is 5.32 Å². The third-order valence-electron chi connectivity index (χ3n) is 3.67. The molecule has 1 aliphatic rings. The Morgan fingerprint density at radius 1 is 1.58 bits per heavy atom. The summed E-state index contributed by atoms with van der Waals surface area (Å²) in [5, 5.41) is 14.7. The summed E-state index contributed by atoms with van der Waals surface area (Å²) in [6.45, 7) is 5.11. The highest BCUT2D eigenvalue weighted by Crippen LogP contribution is 2.23. The maximum atomic E-state index is 13.6. The number of anilines is 1. The maximum Gasteiger partial charge on any atom is 0.227 e. The number of benzene rings is 1. The van der Waals surface area contributed by atoms with Crippen LogP contribution in [0.2, 0.25) is 0 Å². The molecule has 0 aliphatic carbocycles. The van der Waals surface area contributed by atoms with Crippen LogP contribution in [0.1, 0.15) is 18.1 Å². The molecule has 4 nitrogen and oxygen atoms in total. The highest BCUT2D eigenvalue weighted by atomic mass is 19.1. The van der Waals surface area contributed by atoms with E-state index in [0.29, 0.717) is 17.2 Å². The molecule has 1 aromatic carbocycles. The summed E-state index contributed by atoms with van der Waals surface area (Å²) in [6, 6.07) is 4.55. The first-order valence-electron chi connectivity index (χ1n) is 6.24. The molecule has 1 aromatic rings. The van der Waals surface area contributed by atoms with Crippen molar-refractivity contribution in [3.63, 3.8) is 0 Å². The van der Waals surface area contributed by atoms with Gasteiger partial charge in [-0.15, -0.1) is 0 Å². The second kappa shape index (κ2) is 5.37. The van der Waals surface area contributed by atoms with Crippen LogP contribution in [-0.4, -0.2) is 19.0 Å². The van der Waals surface area contributed by atoms with E-state index in [9.17, 15) is 9.18 Å². The molecular weight excluding hydrogens is 245 g/mol. The lowest BCUT2D eigenvalue weighted by Crippen LogP contribution is -2.48. The molecule has 0 spiro atoms. The van der Waals surface area contributed by atoms with E-state index in [1.165, 1.54) is 12.1 Å². The average molecular weight is 261 g/mol. The van der Waals surface area contributed by atoms with Crippen molar-refractivity contribution in [2.75, 3.05) is 18.4 Å². The van der Waals surface area contributed by atoms with Crippen molar-refractivity contribution in [3.8, 4) is 6.07 Å². The van der Waals surface area contributed by atoms with Crippen molar-refractivity contribution in [2.24, 2.45) is 11.8 Å². The minimum absolute atomic E-state index is 0.130. The standard InChI is InChI=1S/C14H16FN3O/c1-8(11-6-17-7-11)14(19)18-13-4-10(5-16)3-12(15)9(13)2/h3-4,8,11,17H,6-7H2,1-2H3,(H,18,19). The summed E-state index contributed by atoms with van der Waals surface area (Å²) >= 11 is 0. The van der Waals surface area contributed by atoms with Gasteiger partial charge in [-0.25, -0.2) is 4.39 Å². The van der Waals surface area contributed by atoms with Gasteiger partial charge in [0.15, 0.2) is 0 Å². The summed E-state index contributed by atoms with van der Waals surface area (Å²) in [6.07, 6.45) is 0. The Balaban J connectivity index is 2.16. The van der Waals surface area contributed by atoms with E-state index < -0.39 is 5.82 Å². The Labute approximate surface area is 111 Å². The molecule has 1 unspecified atom stereocenters. The molecule has 0 radical (unpaired) electrons. The molecule has 0 saturated carbocycles. The second-order valence-electron chi connectivity index (χ2n) is 4.94. The molecular formula is C14H16FN3O. The van der Waals surface area contributed by atoms with Crippen LogP contribution in [0.5, 0.6) is 0 Å². The first-order chi connectivity index (χ1) is 9.02. The Hall–Kier alpha value is -1.93. The third-order valence-corrected chi connectivity index (χ3v) is 3.67. The van der Waals surface area contributed by atoms with Crippen LogP contribution in [0.25, 0.3) is 0 Å². The molecule has 1 saturated heterocycles.